The Morgan fingerprint density at radius 1 is 1.14 bits per heavy atom. The first-order chi connectivity index (χ1) is 10.4. The van der Waals surface area contributed by atoms with Crippen LogP contribution in [0, 0.1) is 0 Å². The van der Waals surface area contributed by atoms with Gasteiger partial charge in [0.05, 0.1) is 23.9 Å². The highest BCUT2D eigenvalue weighted by Gasteiger charge is 2.37. The van der Waals surface area contributed by atoms with Crippen LogP contribution in [0.2, 0.25) is 0 Å². The Morgan fingerprint density at radius 3 is 2.50 bits per heavy atom. The fraction of sp³-hybridized carbons (Fsp3) is 0.375. The number of ketones is 2. The van der Waals surface area contributed by atoms with Gasteiger partial charge in [-0.1, -0.05) is 6.07 Å². The van der Waals surface area contributed by atoms with Crippen LogP contribution in [0.25, 0.3) is 0 Å². The summed E-state index contributed by atoms with van der Waals surface area (Å²) in [4.78, 5) is 23.7. The number of allylic oxidation sites excluding steroid dienone is 2. The number of aromatic hydroxyl groups is 1. The fourth-order valence-corrected chi connectivity index (χ4v) is 2.91. The molecule has 3 N–H and O–H groups in total. The molecule has 0 spiro atoms. The van der Waals surface area contributed by atoms with Crippen LogP contribution in [-0.2, 0) is 4.74 Å². The second-order valence-corrected chi connectivity index (χ2v) is 5.61. The molecule has 1 heterocycles. The number of carbonyl (C=O) groups excluding carboxylic acids is 2. The second-order valence-electron chi connectivity index (χ2n) is 5.61. The molecule has 1 unspecified atom stereocenters. The molecule has 116 valence electrons. The van der Waals surface area contributed by atoms with Gasteiger partial charge in [-0.15, -0.1) is 0 Å². The van der Waals surface area contributed by atoms with E-state index in [1.807, 2.05) is 0 Å². The molecule has 0 bridgehead atoms. The van der Waals surface area contributed by atoms with Crippen molar-refractivity contribution in [1.82, 2.24) is 0 Å². The maximum Gasteiger partial charge on any atom is 0.190 e. The topological polar surface area (TPSA) is 104 Å². The van der Waals surface area contributed by atoms with E-state index in [9.17, 15) is 24.9 Å². The number of phenolic OH excluding ortho intramolecular Hbond substituents is 1. The number of rotatable bonds is 1. The van der Waals surface area contributed by atoms with Crippen molar-refractivity contribution in [2.75, 3.05) is 0 Å². The lowest BCUT2D eigenvalue weighted by molar-refractivity contribution is -0.163. The standard InChI is InChI=1S/C16H16O6/c1-7-15(20)12(19)6-13(22-7)9-3-2-8-10(17)4-5-11(18)14(8)16(9)21/h2-5,7,12-13,15,19-21H,6H2,1H3/t7-,12-,13?,15-/m1/s1. The molecule has 1 aliphatic heterocycles. The molecule has 1 fully saturated rings. The Morgan fingerprint density at radius 2 is 1.82 bits per heavy atom. The smallest absolute Gasteiger partial charge is 0.190 e. The largest absolute Gasteiger partial charge is 0.507 e. The van der Waals surface area contributed by atoms with Gasteiger partial charge in [0.25, 0.3) is 0 Å². The van der Waals surface area contributed by atoms with Crippen molar-refractivity contribution >= 4 is 11.6 Å². The number of hydrogen-bond acceptors (Lipinski definition) is 6. The van der Waals surface area contributed by atoms with Crippen molar-refractivity contribution in [3.05, 3.63) is 41.0 Å². The lowest BCUT2D eigenvalue weighted by Gasteiger charge is -2.36. The molecular formula is C16H16O6. The van der Waals surface area contributed by atoms with E-state index in [1.165, 1.54) is 18.2 Å². The highest BCUT2D eigenvalue weighted by molar-refractivity contribution is 6.23. The summed E-state index contributed by atoms with van der Waals surface area (Å²) in [5.74, 6) is -1.09. The van der Waals surface area contributed by atoms with E-state index in [0.717, 1.165) is 6.08 Å². The van der Waals surface area contributed by atoms with Crippen LogP contribution < -0.4 is 0 Å². The Kier molecular flexibility index (Phi) is 3.60. The molecule has 4 atom stereocenters. The molecule has 1 aliphatic carbocycles. The van der Waals surface area contributed by atoms with Crippen LogP contribution in [-0.4, -0.2) is 45.2 Å². The molecule has 0 radical (unpaired) electrons. The van der Waals surface area contributed by atoms with Crippen molar-refractivity contribution in [3.63, 3.8) is 0 Å². The van der Waals surface area contributed by atoms with Crippen molar-refractivity contribution in [1.29, 1.82) is 0 Å². The van der Waals surface area contributed by atoms with Crippen LogP contribution in [0.5, 0.6) is 5.75 Å². The monoisotopic (exact) mass is 304 g/mol. The van der Waals surface area contributed by atoms with Crippen molar-refractivity contribution < 1.29 is 29.6 Å². The van der Waals surface area contributed by atoms with Gasteiger partial charge in [-0.25, -0.2) is 0 Å². The number of benzene rings is 1. The predicted octanol–water partition coefficient (Wildman–Crippen LogP) is 0.899. The van der Waals surface area contributed by atoms with E-state index in [1.54, 1.807) is 6.92 Å². The van der Waals surface area contributed by atoms with E-state index in [4.69, 9.17) is 4.74 Å². The Hall–Kier alpha value is -2.02. The van der Waals surface area contributed by atoms with Gasteiger partial charge in [-0.2, -0.15) is 0 Å². The number of aliphatic hydroxyl groups is 2. The molecular weight excluding hydrogens is 288 g/mol. The van der Waals surface area contributed by atoms with Gasteiger partial charge in [0.2, 0.25) is 0 Å². The number of aliphatic hydroxyl groups excluding tert-OH is 2. The van der Waals surface area contributed by atoms with Crippen LogP contribution in [0.3, 0.4) is 0 Å². The molecule has 1 aromatic carbocycles. The average Bonchev–Trinajstić information content (AvgIpc) is 2.48. The molecule has 0 aromatic heterocycles. The fourth-order valence-electron chi connectivity index (χ4n) is 2.91. The van der Waals surface area contributed by atoms with Crippen LogP contribution in [0.1, 0.15) is 45.7 Å². The molecule has 6 heteroatoms. The number of ether oxygens (including phenoxy) is 1. The Bertz CT molecular complexity index is 665. The maximum atomic E-state index is 11.9. The molecule has 0 amide bonds. The summed E-state index contributed by atoms with van der Waals surface area (Å²) < 4.78 is 5.60. The summed E-state index contributed by atoms with van der Waals surface area (Å²) in [5, 5.41) is 29.9. The quantitative estimate of drug-likeness (QED) is 0.712. The number of carbonyl (C=O) groups is 2. The van der Waals surface area contributed by atoms with Gasteiger partial charge in [0.15, 0.2) is 11.6 Å². The summed E-state index contributed by atoms with van der Waals surface area (Å²) in [6.45, 7) is 1.62. The third-order valence-electron chi connectivity index (χ3n) is 4.16. The van der Waals surface area contributed by atoms with Crippen molar-refractivity contribution in [3.8, 4) is 5.75 Å². The van der Waals surface area contributed by atoms with Crippen LogP contribution >= 0.6 is 0 Å². The molecule has 1 saturated heterocycles. The Labute approximate surface area is 126 Å². The van der Waals surface area contributed by atoms with Gasteiger partial charge in [0.1, 0.15) is 11.9 Å². The van der Waals surface area contributed by atoms with Gasteiger partial charge < -0.3 is 20.1 Å². The lowest BCUT2D eigenvalue weighted by atomic mass is 9.88. The summed E-state index contributed by atoms with van der Waals surface area (Å²) in [6, 6.07) is 2.99. The number of hydrogen-bond donors (Lipinski definition) is 3. The molecule has 22 heavy (non-hydrogen) atoms. The van der Waals surface area contributed by atoms with E-state index in [2.05, 4.69) is 0 Å². The molecule has 3 rings (SSSR count). The van der Waals surface area contributed by atoms with E-state index >= 15 is 0 Å². The first-order valence-electron chi connectivity index (χ1n) is 7.04. The van der Waals surface area contributed by atoms with Crippen molar-refractivity contribution in [2.45, 2.75) is 37.8 Å². The first kappa shape index (κ1) is 14.9. The van der Waals surface area contributed by atoms with Gasteiger partial charge in [0, 0.05) is 17.5 Å². The highest BCUT2D eigenvalue weighted by atomic mass is 16.5. The van der Waals surface area contributed by atoms with Gasteiger partial charge in [-0.3, -0.25) is 9.59 Å². The minimum Gasteiger partial charge on any atom is -0.507 e. The molecule has 2 aliphatic rings. The average molecular weight is 304 g/mol. The summed E-state index contributed by atoms with van der Waals surface area (Å²) in [7, 11) is 0. The minimum absolute atomic E-state index is 0.0399. The molecule has 6 nitrogen and oxygen atoms in total. The predicted molar refractivity (Wildman–Crippen MR) is 75.8 cm³/mol. The summed E-state index contributed by atoms with van der Waals surface area (Å²) in [6.07, 6.45) is -0.867. The zero-order chi connectivity index (χ0) is 16.0. The molecule has 0 saturated carbocycles. The van der Waals surface area contributed by atoms with E-state index in [0.29, 0.717) is 5.56 Å². The zero-order valence-electron chi connectivity index (χ0n) is 11.9. The van der Waals surface area contributed by atoms with Crippen LogP contribution in [0.4, 0.5) is 0 Å². The third kappa shape index (κ3) is 2.25. The zero-order valence-corrected chi connectivity index (χ0v) is 11.9. The highest BCUT2D eigenvalue weighted by Crippen LogP contribution is 2.39. The minimum atomic E-state index is -0.998. The van der Waals surface area contributed by atoms with E-state index < -0.39 is 30.2 Å². The van der Waals surface area contributed by atoms with Crippen LogP contribution in [0.15, 0.2) is 24.3 Å². The number of phenols is 1. The molecule has 1 aromatic rings. The third-order valence-corrected chi connectivity index (χ3v) is 4.16. The number of fused-ring (bicyclic) bond motifs is 1. The van der Waals surface area contributed by atoms with Gasteiger partial charge >= 0.3 is 0 Å². The van der Waals surface area contributed by atoms with Crippen molar-refractivity contribution in [2.24, 2.45) is 0 Å². The lowest BCUT2D eigenvalue weighted by Crippen LogP contribution is -2.44. The van der Waals surface area contributed by atoms with Gasteiger partial charge in [-0.05, 0) is 25.1 Å². The normalized spacial score (nSPS) is 31.2. The first-order valence-corrected chi connectivity index (χ1v) is 7.04. The SMILES string of the molecule is C[C@H]1OC(c2ccc3c(c2O)C(=O)C=CC3=O)C[C@@H](O)[C@@H]1O. The Balaban J connectivity index is 2.02. The summed E-state index contributed by atoms with van der Waals surface area (Å²) >= 11 is 0. The maximum absolute atomic E-state index is 11.9. The summed E-state index contributed by atoms with van der Waals surface area (Å²) in [5.41, 5.74) is 0.438. The van der Waals surface area contributed by atoms with E-state index in [-0.39, 0.29) is 29.1 Å². The second kappa shape index (κ2) is 5.31.